The summed E-state index contributed by atoms with van der Waals surface area (Å²) in [6.07, 6.45) is 3.82. The van der Waals surface area contributed by atoms with E-state index in [0.29, 0.717) is 17.4 Å². The number of nitrogens with zero attached hydrogens (tertiary/aromatic N) is 2. The van der Waals surface area contributed by atoms with Crippen molar-refractivity contribution in [2.24, 2.45) is 17.1 Å². The van der Waals surface area contributed by atoms with Crippen LogP contribution >= 0.6 is 0 Å². The molecule has 2 N–H and O–H groups in total. The van der Waals surface area contributed by atoms with Gasteiger partial charge >= 0.3 is 0 Å². The van der Waals surface area contributed by atoms with E-state index in [0.717, 1.165) is 0 Å². The second-order valence-electron chi connectivity index (χ2n) is 7.07. The molecule has 2 unspecified atom stereocenters. The lowest BCUT2D eigenvalue weighted by Crippen LogP contribution is -2.51. The number of hydrogen-bond donors (Lipinski definition) is 1. The highest BCUT2D eigenvalue weighted by Crippen LogP contribution is 2.38. The Labute approximate surface area is 113 Å². The minimum atomic E-state index is 0.433. The molecule has 0 bridgehead atoms. The second kappa shape index (κ2) is 5.89. The van der Waals surface area contributed by atoms with Gasteiger partial charge in [0.25, 0.3) is 0 Å². The van der Waals surface area contributed by atoms with Gasteiger partial charge in [-0.1, -0.05) is 20.8 Å². The summed E-state index contributed by atoms with van der Waals surface area (Å²) in [5.41, 5.74) is 6.84. The lowest BCUT2D eigenvalue weighted by molar-refractivity contribution is 0.0804. The van der Waals surface area contributed by atoms with Crippen molar-refractivity contribution in [3.63, 3.8) is 0 Å². The molecule has 0 radical (unpaired) electrons. The molecular weight excluding hydrogens is 222 g/mol. The van der Waals surface area contributed by atoms with Gasteiger partial charge in [0.1, 0.15) is 0 Å². The molecule has 1 aliphatic heterocycles. The third-order valence-electron chi connectivity index (χ3n) is 4.98. The lowest BCUT2D eigenvalue weighted by atomic mass is 9.70. The van der Waals surface area contributed by atoms with E-state index in [9.17, 15) is 0 Å². The Bertz CT molecular complexity index is 256. The Morgan fingerprint density at radius 3 is 2.33 bits per heavy atom. The van der Waals surface area contributed by atoms with Crippen LogP contribution in [0.4, 0.5) is 0 Å². The maximum atomic E-state index is 6.33. The van der Waals surface area contributed by atoms with Crippen molar-refractivity contribution in [3.8, 4) is 0 Å². The smallest absolute Gasteiger partial charge is 0.0110 e. The third kappa shape index (κ3) is 3.69. The Morgan fingerprint density at radius 1 is 1.11 bits per heavy atom. The average Bonchev–Trinajstić information content (AvgIpc) is 2.35. The van der Waals surface area contributed by atoms with Crippen LogP contribution in [0.2, 0.25) is 0 Å². The van der Waals surface area contributed by atoms with Gasteiger partial charge in [-0.15, -0.1) is 0 Å². The number of nitrogens with two attached hydrogens (primary N) is 1. The van der Waals surface area contributed by atoms with Gasteiger partial charge in [0.05, 0.1) is 0 Å². The highest BCUT2D eigenvalue weighted by Gasteiger charge is 2.34. The van der Waals surface area contributed by atoms with Crippen LogP contribution in [0, 0.1) is 11.3 Å². The molecule has 2 fully saturated rings. The van der Waals surface area contributed by atoms with Gasteiger partial charge in [0.2, 0.25) is 0 Å². The maximum Gasteiger partial charge on any atom is 0.0110 e. The van der Waals surface area contributed by atoms with Crippen LogP contribution in [0.25, 0.3) is 0 Å². The molecule has 1 saturated heterocycles. The van der Waals surface area contributed by atoms with Crippen molar-refractivity contribution in [2.45, 2.75) is 46.1 Å². The molecule has 3 nitrogen and oxygen atoms in total. The largest absolute Gasteiger partial charge is 0.327 e. The van der Waals surface area contributed by atoms with Gasteiger partial charge in [-0.25, -0.2) is 0 Å². The van der Waals surface area contributed by atoms with Gasteiger partial charge in [-0.05, 0) is 37.1 Å². The molecule has 1 aliphatic carbocycles. The zero-order chi connectivity index (χ0) is 13.2. The van der Waals surface area contributed by atoms with Crippen molar-refractivity contribution >= 4 is 0 Å². The summed E-state index contributed by atoms with van der Waals surface area (Å²) >= 11 is 0. The molecule has 2 aliphatic rings. The molecule has 18 heavy (non-hydrogen) atoms. The summed E-state index contributed by atoms with van der Waals surface area (Å²) in [4.78, 5) is 5.18. The van der Waals surface area contributed by atoms with Gasteiger partial charge < -0.3 is 15.5 Å². The molecular formula is C15H31N3. The van der Waals surface area contributed by atoms with Crippen LogP contribution in [0.3, 0.4) is 0 Å². The minimum absolute atomic E-state index is 0.433. The van der Waals surface area contributed by atoms with E-state index in [1.54, 1.807) is 0 Å². The molecule has 0 aromatic carbocycles. The Kier molecular flexibility index (Phi) is 4.68. The molecule has 0 aromatic heterocycles. The maximum absolute atomic E-state index is 6.33. The van der Waals surface area contributed by atoms with Crippen LogP contribution < -0.4 is 5.73 Å². The quantitative estimate of drug-likeness (QED) is 0.832. The second-order valence-corrected chi connectivity index (χ2v) is 7.07. The van der Waals surface area contributed by atoms with Crippen molar-refractivity contribution in [2.75, 3.05) is 39.3 Å². The van der Waals surface area contributed by atoms with Crippen molar-refractivity contribution < 1.29 is 0 Å². The third-order valence-corrected chi connectivity index (χ3v) is 4.98. The predicted molar refractivity (Wildman–Crippen MR) is 77.7 cm³/mol. The number of piperazine rings is 1. The summed E-state index contributed by atoms with van der Waals surface area (Å²) in [6, 6.07) is 0.433. The van der Waals surface area contributed by atoms with E-state index in [1.165, 1.54) is 58.5 Å². The van der Waals surface area contributed by atoms with E-state index >= 15 is 0 Å². The van der Waals surface area contributed by atoms with E-state index in [2.05, 4.69) is 30.6 Å². The van der Waals surface area contributed by atoms with Crippen molar-refractivity contribution in [3.05, 3.63) is 0 Å². The fraction of sp³-hybridized carbons (Fsp3) is 1.00. The highest BCUT2D eigenvalue weighted by atomic mass is 15.3. The van der Waals surface area contributed by atoms with Crippen molar-refractivity contribution in [1.29, 1.82) is 0 Å². The van der Waals surface area contributed by atoms with E-state index in [-0.39, 0.29) is 0 Å². The summed E-state index contributed by atoms with van der Waals surface area (Å²) < 4.78 is 0. The zero-order valence-corrected chi connectivity index (χ0v) is 12.5. The number of rotatable bonds is 3. The fourth-order valence-electron chi connectivity index (χ4n) is 3.58. The molecule has 2 rings (SSSR count). The van der Waals surface area contributed by atoms with Crippen LogP contribution in [0.1, 0.15) is 40.0 Å². The van der Waals surface area contributed by atoms with Crippen molar-refractivity contribution in [1.82, 2.24) is 9.80 Å². The first-order valence-electron chi connectivity index (χ1n) is 7.70. The van der Waals surface area contributed by atoms with Crippen LogP contribution in [-0.4, -0.2) is 55.1 Å². The molecule has 0 aromatic rings. The molecule has 2 atom stereocenters. The minimum Gasteiger partial charge on any atom is -0.327 e. The SMILES string of the molecule is CCN1CCN(CC2CC(C)(C)CCC2N)CC1. The van der Waals surface area contributed by atoms with Gasteiger partial charge in [-0.3, -0.25) is 0 Å². The lowest BCUT2D eigenvalue weighted by Gasteiger charge is -2.43. The van der Waals surface area contributed by atoms with Gasteiger partial charge in [0.15, 0.2) is 0 Å². The highest BCUT2D eigenvalue weighted by molar-refractivity contribution is 4.89. The summed E-state index contributed by atoms with van der Waals surface area (Å²) in [5.74, 6) is 0.710. The predicted octanol–water partition coefficient (Wildman–Crippen LogP) is 1.78. The first kappa shape index (κ1) is 14.3. The topological polar surface area (TPSA) is 32.5 Å². The van der Waals surface area contributed by atoms with E-state index in [1.807, 2.05) is 0 Å². The fourth-order valence-corrected chi connectivity index (χ4v) is 3.58. The Morgan fingerprint density at radius 2 is 1.72 bits per heavy atom. The zero-order valence-electron chi connectivity index (χ0n) is 12.5. The molecule has 0 amide bonds. The van der Waals surface area contributed by atoms with Gasteiger partial charge in [-0.2, -0.15) is 0 Å². The summed E-state index contributed by atoms with van der Waals surface area (Å²) in [7, 11) is 0. The molecule has 3 heteroatoms. The van der Waals surface area contributed by atoms with Crippen LogP contribution in [-0.2, 0) is 0 Å². The first-order valence-corrected chi connectivity index (χ1v) is 7.70. The first-order chi connectivity index (χ1) is 8.50. The number of likely N-dealkylation sites (N-methyl/N-ethyl adjacent to an activating group) is 1. The molecule has 0 spiro atoms. The molecule has 1 heterocycles. The summed E-state index contributed by atoms with van der Waals surface area (Å²) in [6.45, 7) is 14.4. The Balaban J connectivity index is 1.81. The summed E-state index contributed by atoms with van der Waals surface area (Å²) in [5, 5.41) is 0. The van der Waals surface area contributed by atoms with Crippen LogP contribution in [0.5, 0.6) is 0 Å². The van der Waals surface area contributed by atoms with Crippen LogP contribution in [0.15, 0.2) is 0 Å². The Hall–Kier alpha value is -0.120. The van der Waals surface area contributed by atoms with E-state index in [4.69, 9.17) is 5.73 Å². The number of hydrogen-bond acceptors (Lipinski definition) is 3. The standard InChI is InChI=1S/C15H31N3/c1-4-17-7-9-18(10-8-17)12-13-11-15(2,3)6-5-14(13)16/h13-14H,4-12,16H2,1-3H3. The average molecular weight is 253 g/mol. The van der Waals surface area contributed by atoms with E-state index < -0.39 is 0 Å². The molecule has 1 saturated carbocycles. The molecule has 106 valence electrons. The van der Waals surface area contributed by atoms with Gasteiger partial charge in [0, 0.05) is 38.8 Å². The monoisotopic (exact) mass is 253 g/mol. The normalized spacial score (nSPS) is 34.7.